The summed E-state index contributed by atoms with van der Waals surface area (Å²) in [7, 11) is 2.49. The summed E-state index contributed by atoms with van der Waals surface area (Å²) >= 11 is 0. The molecule has 4 aromatic rings. The minimum Gasteiger partial charge on any atom is -0.468 e. The Hall–Kier alpha value is -5.98. The smallest absolute Gasteiger partial charge is 0.327 e. The van der Waals surface area contributed by atoms with Crippen LogP contribution in [0.3, 0.4) is 0 Å². The molecular weight excluding hydrogens is 616 g/mol. The van der Waals surface area contributed by atoms with Gasteiger partial charge in [-0.1, -0.05) is 84.9 Å². The Morgan fingerprint density at radius 1 is 0.542 bits per heavy atom. The number of carbonyl (C=O) groups is 6. The molecule has 2 amide bonds. The first-order valence-electron chi connectivity index (χ1n) is 14.9. The summed E-state index contributed by atoms with van der Waals surface area (Å²) in [4.78, 5) is 78.6. The van der Waals surface area contributed by atoms with Gasteiger partial charge >= 0.3 is 11.9 Å². The summed E-state index contributed by atoms with van der Waals surface area (Å²) < 4.78 is 9.77. The lowest BCUT2D eigenvalue weighted by Crippen LogP contribution is -2.36. The molecule has 0 saturated heterocycles. The van der Waals surface area contributed by atoms with E-state index in [1.165, 1.54) is 38.5 Å². The molecule has 4 N–H and O–H groups in total. The molecular formula is C36H32N4O8. The van der Waals surface area contributed by atoms with Crippen LogP contribution in [0.15, 0.2) is 97.1 Å². The monoisotopic (exact) mass is 648 g/mol. The molecule has 48 heavy (non-hydrogen) atoms. The fourth-order valence-corrected chi connectivity index (χ4v) is 5.43. The molecule has 0 heterocycles. The van der Waals surface area contributed by atoms with Crippen molar-refractivity contribution in [1.29, 1.82) is 0 Å². The van der Waals surface area contributed by atoms with Crippen molar-refractivity contribution in [3.05, 3.63) is 130 Å². The first kappa shape index (κ1) is 33.4. The number of ether oxygens (including phenoxy) is 2. The van der Waals surface area contributed by atoms with Crippen molar-refractivity contribution >= 4 is 46.7 Å². The normalized spacial score (nSPS) is 13.0. The van der Waals surface area contributed by atoms with E-state index in [0.29, 0.717) is 11.1 Å². The maximum absolute atomic E-state index is 14.0. The lowest BCUT2D eigenvalue weighted by atomic mass is 9.82. The van der Waals surface area contributed by atoms with Gasteiger partial charge in [0.25, 0.3) is 0 Å². The zero-order valence-corrected chi connectivity index (χ0v) is 26.1. The van der Waals surface area contributed by atoms with E-state index in [9.17, 15) is 28.8 Å². The first-order valence-corrected chi connectivity index (χ1v) is 14.9. The summed E-state index contributed by atoms with van der Waals surface area (Å²) in [6, 6.07) is 24.7. The van der Waals surface area contributed by atoms with E-state index in [1.54, 1.807) is 72.8 Å². The van der Waals surface area contributed by atoms with Gasteiger partial charge in [0.1, 0.15) is 12.1 Å². The Kier molecular flexibility index (Phi) is 10.5. The third kappa shape index (κ3) is 7.20. The number of rotatable bonds is 12. The number of esters is 2. The van der Waals surface area contributed by atoms with E-state index in [1.807, 2.05) is 0 Å². The summed E-state index contributed by atoms with van der Waals surface area (Å²) in [5, 5.41) is 11.1. The minimum absolute atomic E-state index is 0.0365. The quantitative estimate of drug-likeness (QED) is 0.147. The van der Waals surface area contributed by atoms with Crippen LogP contribution in [0.25, 0.3) is 0 Å². The average molecular weight is 649 g/mol. The first-order chi connectivity index (χ1) is 23.2. The Morgan fingerprint density at radius 3 is 1.31 bits per heavy atom. The third-order valence-electron chi connectivity index (χ3n) is 7.69. The van der Waals surface area contributed by atoms with Crippen LogP contribution in [-0.4, -0.2) is 62.6 Å². The minimum atomic E-state index is -0.919. The number of benzene rings is 4. The van der Waals surface area contributed by atoms with Gasteiger partial charge < -0.3 is 20.1 Å². The molecule has 12 heteroatoms. The number of hydrogen-bond donors (Lipinski definition) is 4. The van der Waals surface area contributed by atoms with Gasteiger partial charge in [0.05, 0.1) is 49.8 Å². The molecule has 0 bridgehead atoms. The second-order valence-corrected chi connectivity index (χ2v) is 10.7. The summed E-state index contributed by atoms with van der Waals surface area (Å²) in [5.74, 6) is -3.38. The molecule has 1 aliphatic carbocycles. The maximum Gasteiger partial charge on any atom is 0.327 e. The Bertz CT molecular complexity index is 1740. The third-order valence-corrected chi connectivity index (χ3v) is 7.69. The van der Waals surface area contributed by atoms with Gasteiger partial charge in [0, 0.05) is 11.1 Å². The molecule has 0 unspecified atom stereocenters. The van der Waals surface area contributed by atoms with Crippen molar-refractivity contribution in [3.63, 3.8) is 0 Å². The lowest BCUT2D eigenvalue weighted by molar-refractivity contribution is -0.144. The topological polar surface area (TPSA) is 169 Å². The second-order valence-electron chi connectivity index (χ2n) is 10.7. The molecule has 0 spiro atoms. The molecule has 2 atom stereocenters. The largest absolute Gasteiger partial charge is 0.468 e. The molecule has 0 saturated carbocycles. The van der Waals surface area contributed by atoms with Gasteiger partial charge in [-0.25, -0.2) is 9.59 Å². The number of fused-ring (bicyclic) bond motifs is 2. The maximum atomic E-state index is 14.0. The number of methoxy groups -OCH3 is 2. The molecule has 0 aromatic heterocycles. The highest BCUT2D eigenvalue weighted by Gasteiger charge is 2.34. The number of carbonyl (C=O) groups excluding carboxylic acids is 6. The van der Waals surface area contributed by atoms with Crippen LogP contribution >= 0.6 is 0 Å². The second kappa shape index (κ2) is 15.1. The SMILES string of the molecule is COC(=O)[C@@H](NCC(=O)Nc1cccc2c1C(=O)c1c(NC(=O)CN[C@H](C(=O)OC)c3ccccc3)cccc1C2=O)c1ccccc1. The molecule has 0 radical (unpaired) electrons. The van der Waals surface area contributed by atoms with Crippen molar-refractivity contribution in [2.45, 2.75) is 12.1 Å². The highest BCUT2D eigenvalue weighted by Crippen LogP contribution is 2.35. The molecule has 4 aromatic carbocycles. The van der Waals surface area contributed by atoms with Crippen LogP contribution in [0.1, 0.15) is 55.1 Å². The summed E-state index contributed by atoms with van der Waals surface area (Å²) in [5.41, 5.74) is 1.46. The number of amides is 2. The van der Waals surface area contributed by atoms with Gasteiger partial charge in [-0.3, -0.25) is 29.8 Å². The van der Waals surface area contributed by atoms with Crippen LogP contribution in [-0.2, 0) is 28.7 Å². The van der Waals surface area contributed by atoms with E-state index in [0.717, 1.165) is 0 Å². The molecule has 12 nitrogen and oxygen atoms in total. The Balaban J connectivity index is 1.33. The van der Waals surface area contributed by atoms with Crippen LogP contribution in [0.5, 0.6) is 0 Å². The molecule has 0 fully saturated rings. The fraction of sp³-hybridized carbons (Fsp3) is 0.167. The van der Waals surface area contributed by atoms with E-state index < -0.39 is 47.4 Å². The number of hydrogen-bond acceptors (Lipinski definition) is 10. The Morgan fingerprint density at radius 2 is 0.938 bits per heavy atom. The molecule has 244 valence electrons. The molecule has 1 aliphatic rings. The summed E-state index contributed by atoms with van der Waals surface area (Å²) in [6.07, 6.45) is 0. The van der Waals surface area contributed by atoms with E-state index in [4.69, 9.17) is 9.47 Å². The zero-order chi connectivity index (χ0) is 34.2. The van der Waals surface area contributed by atoms with Crippen molar-refractivity contribution < 1.29 is 38.2 Å². The van der Waals surface area contributed by atoms with Gasteiger partial charge in [-0.05, 0) is 23.3 Å². The van der Waals surface area contributed by atoms with Gasteiger partial charge in [0.2, 0.25) is 11.8 Å². The fourth-order valence-electron chi connectivity index (χ4n) is 5.43. The van der Waals surface area contributed by atoms with Gasteiger partial charge in [-0.15, -0.1) is 0 Å². The molecule has 0 aliphatic heterocycles. The van der Waals surface area contributed by atoms with Crippen LogP contribution < -0.4 is 21.3 Å². The predicted octanol–water partition coefficient (Wildman–Crippen LogP) is 3.35. The predicted molar refractivity (Wildman–Crippen MR) is 175 cm³/mol. The Labute approximate surface area is 275 Å². The highest BCUT2D eigenvalue weighted by atomic mass is 16.5. The average Bonchev–Trinajstić information content (AvgIpc) is 3.11. The number of anilines is 2. The van der Waals surface area contributed by atoms with Crippen LogP contribution in [0.2, 0.25) is 0 Å². The number of nitrogens with one attached hydrogen (secondary N) is 4. The lowest BCUT2D eigenvalue weighted by Gasteiger charge is -2.23. The molecule has 5 rings (SSSR count). The summed E-state index contributed by atoms with van der Waals surface area (Å²) in [6.45, 7) is -0.637. The number of ketones is 2. The van der Waals surface area contributed by atoms with Crippen LogP contribution in [0.4, 0.5) is 11.4 Å². The zero-order valence-electron chi connectivity index (χ0n) is 26.1. The van der Waals surface area contributed by atoms with Crippen molar-refractivity contribution in [2.24, 2.45) is 0 Å². The highest BCUT2D eigenvalue weighted by molar-refractivity contribution is 6.32. The van der Waals surface area contributed by atoms with E-state index >= 15 is 0 Å². The van der Waals surface area contributed by atoms with Crippen molar-refractivity contribution in [2.75, 3.05) is 37.9 Å². The van der Waals surface area contributed by atoms with E-state index in [2.05, 4.69) is 21.3 Å². The van der Waals surface area contributed by atoms with Crippen molar-refractivity contribution in [3.8, 4) is 0 Å². The van der Waals surface area contributed by atoms with Crippen LogP contribution in [0, 0.1) is 0 Å². The van der Waals surface area contributed by atoms with Gasteiger partial charge in [0.15, 0.2) is 11.6 Å². The van der Waals surface area contributed by atoms with Gasteiger partial charge in [-0.2, -0.15) is 0 Å². The van der Waals surface area contributed by atoms with Crippen molar-refractivity contribution in [1.82, 2.24) is 10.6 Å². The van der Waals surface area contributed by atoms with E-state index in [-0.39, 0.29) is 46.7 Å². The standard InChI is InChI=1S/C36H32N4O8/c1-47-35(45)31(21-11-5-3-6-12-21)37-19-27(41)39-25-17-9-15-23-29(25)34(44)30-24(33(23)43)16-10-18-26(30)40-28(42)20-38-32(36(46)48-2)22-13-7-4-8-14-22/h3-18,31-32,37-38H,19-20H2,1-2H3,(H,39,41)(H,40,42)/t31-,32-/m0/s1.